The largest absolute Gasteiger partial charge is 0.508 e. The summed E-state index contributed by atoms with van der Waals surface area (Å²) in [7, 11) is 0. The van der Waals surface area contributed by atoms with Crippen LogP contribution in [0.2, 0.25) is 0 Å². The van der Waals surface area contributed by atoms with Crippen molar-refractivity contribution in [2.24, 2.45) is 0 Å². The first-order chi connectivity index (χ1) is 12.9. The molecule has 0 spiro atoms. The highest BCUT2D eigenvalue weighted by Gasteiger charge is 2.10. The molecule has 0 heterocycles. The number of carbonyl (C=O) groups excluding carboxylic acids is 1. The zero-order valence-corrected chi connectivity index (χ0v) is 16.3. The average molecular weight is 373 g/mol. The minimum absolute atomic E-state index is 0.140. The SMILES string of the molecule is CCCCCCCCC/C=C/C(=O)N/C(=C\c1ccc(O)c(C)c1)C(=O)O. The first-order valence-corrected chi connectivity index (χ1v) is 9.66. The molecule has 0 bridgehead atoms. The molecule has 1 rings (SSSR count). The Morgan fingerprint density at radius 1 is 1.07 bits per heavy atom. The number of carbonyl (C=O) groups is 2. The molecule has 5 nitrogen and oxygen atoms in total. The molecule has 0 aromatic heterocycles. The molecular formula is C22H31NO4. The summed E-state index contributed by atoms with van der Waals surface area (Å²) in [5.41, 5.74) is 1.02. The number of aryl methyl sites for hydroxylation is 1. The number of carboxylic acids is 1. The average Bonchev–Trinajstić information content (AvgIpc) is 2.62. The molecule has 5 heteroatoms. The van der Waals surface area contributed by atoms with Crippen molar-refractivity contribution in [2.45, 2.75) is 65.2 Å². The van der Waals surface area contributed by atoms with Crippen LogP contribution in [0.3, 0.4) is 0 Å². The monoisotopic (exact) mass is 373 g/mol. The van der Waals surface area contributed by atoms with Crippen LogP contribution >= 0.6 is 0 Å². The van der Waals surface area contributed by atoms with Crippen LogP contribution in [-0.2, 0) is 9.59 Å². The number of rotatable bonds is 12. The molecule has 0 aliphatic carbocycles. The highest BCUT2D eigenvalue weighted by atomic mass is 16.4. The molecule has 27 heavy (non-hydrogen) atoms. The summed E-state index contributed by atoms with van der Waals surface area (Å²) in [5, 5.41) is 21.2. The summed E-state index contributed by atoms with van der Waals surface area (Å²) in [4.78, 5) is 23.3. The standard InChI is InChI=1S/C22H31NO4/c1-3-4-5-6-7-8-9-10-11-12-21(25)23-19(22(26)27)16-18-13-14-20(24)17(2)15-18/h11-16,24H,3-10H2,1-2H3,(H,23,25)(H,26,27)/b12-11+,19-16-. The van der Waals surface area contributed by atoms with Gasteiger partial charge in [0.1, 0.15) is 11.4 Å². The fraction of sp³-hybridized carbons (Fsp3) is 0.455. The Labute approximate surface area is 161 Å². The van der Waals surface area contributed by atoms with Crippen molar-refractivity contribution in [3.63, 3.8) is 0 Å². The number of benzene rings is 1. The van der Waals surface area contributed by atoms with Gasteiger partial charge in [-0.15, -0.1) is 0 Å². The predicted octanol–water partition coefficient (Wildman–Crippen LogP) is 4.94. The van der Waals surface area contributed by atoms with Gasteiger partial charge in [-0.1, -0.05) is 57.6 Å². The number of phenolic OH excluding ortho intramolecular Hbond substituents is 1. The van der Waals surface area contributed by atoms with Crippen LogP contribution in [0.1, 0.15) is 69.4 Å². The van der Waals surface area contributed by atoms with E-state index in [0.717, 1.165) is 19.3 Å². The van der Waals surface area contributed by atoms with Gasteiger partial charge in [-0.25, -0.2) is 4.79 Å². The van der Waals surface area contributed by atoms with Gasteiger partial charge in [0.15, 0.2) is 0 Å². The van der Waals surface area contributed by atoms with Crippen LogP contribution in [0, 0.1) is 6.92 Å². The fourth-order valence-electron chi connectivity index (χ4n) is 2.67. The van der Waals surface area contributed by atoms with Crippen LogP contribution in [0.5, 0.6) is 5.75 Å². The third kappa shape index (κ3) is 9.64. The van der Waals surface area contributed by atoms with Crippen LogP contribution in [0.15, 0.2) is 36.0 Å². The van der Waals surface area contributed by atoms with Gasteiger partial charge in [0.05, 0.1) is 0 Å². The van der Waals surface area contributed by atoms with E-state index >= 15 is 0 Å². The number of nitrogens with one attached hydrogen (secondary N) is 1. The predicted molar refractivity (Wildman–Crippen MR) is 108 cm³/mol. The number of aromatic hydroxyl groups is 1. The summed E-state index contributed by atoms with van der Waals surface area (Å²) in [5.74, 6) is -1.53. The van der Waals surface area contributed by atoms with E-state index in [9.17, 15) is 19.8 Å². The molecule has 1 aromatic rings. The van der Waals surface area contributed by atoms with Gasteiger partial charge >= 0.3 is 5.97 Å². The Hall–Kier alpha value is -2.56. The molecule has 1 aromatic carbocycles. The second kappa shape index (κ2) is 12.7. The third-order valence-electron chi connectivity index (χ3n) is 4.26. The van der Waals surface area contributed by atoms with E-state index in [0.29, 0.717) is 11.1 Å². The maximum Gasteiger partial charge on any atom is 0.352 e. The lowest BCUT2D eigenvalue weighted by Gasteiger charge is -2.05. The van der Waals surface area contributed by atoms with Crippen LogP contribution in [0.25, 0.3) is 6.08 Å². The molecule has 0 aliphatic heterocycles. The van der Waals surface area contributed by atoms with E-state index in [4.69, 9.17) is 0 Å². The molecular weight excluding hydrogens is 342 g/mol. The zero-order valence-electron chi connectivity index (χ0n) is 16.3. The second-order valence-corrected chi connectivity index (χ2v) is 6.71. The van der Waals surface area contributed by atoms with Crippen molar-refractivity contribution >= 4 is 18.0 Å². The second-order valence-electron chi connectivity index (χ2n) is 6.71. The first kappa shape index (κ1) is 22.5. The van der Waals surface area contributed by atoms with Crippen molar-refractivity contribution < 1.29 is 19.8 Å². The molecule has 0 saturated carbocycles. The topological polar surface area (TPSA) is 86.6 Å². The number of hydrogen-bond acceptors (Lipinski definition) is 3. The Balaban J connectivity index is 2.45. The van der Waals surface area contributed by atoms with Crippen LogP contribution in [0.4, 0.5) is 0 Å². The maximum absolute atomic E-state index is 11.9. The quantitative estimate of drug-likeness (QED) is 0.358. The molecule has 3 N–H and O–H groups in total. The lowest BCUT2D eigenvalue weighted by molar-refractivity contribution is -0.134. The lowest BCUT2D eigenvalue weighted by atomic mass is 10.1. The number of unbranched alkanes of at least 4 members (excludes halogenated alkanes) is 7. The van der Waals surface area contributed by atoms with Crippen LogP contribution < -0.4 is 5.32 Å². The minimum atomic E-state index is -1.21. The van der Waals surface area contributed by atoms with E-state index in [2.05, 4.69) is 12.2 Å². The Morgan fingerprint density at radius 2 is 1.74 bits per heavy atom. The molecule has 0 fully saturated rings. The van der Waals surface area contributed by atoms with Crippen LogP contribution in [-0.4, -0.2) is 22.1 Å². The highest BCUT2D eigenvalue weighted by molar-refractivity contribution is 5.99. The van der Waals surface area contributed by atoms with Gasteiger partial charge in [-0.3, -0.25) is 4.79 Å². The Kier molecular flexibility index (Phi) is 10.6. The van der Waals surface area contributed by atoms with Gasteiger partial charge < -0.3 is 15.5 Å². The van der Waals surface area contributed by atoms with E-state index < -0.39 is 11.9 Å². The van der Waals surface area contributed by atoms with E-state index in [-0.39, 0.29) is 11.4 Å². The lowest BCUT2D eigenvalue weighted by Crippen LogP contribution is -2.25. The molecule has 0 saturated heterocycles. The Morgan fingerprint density at radius 3 is 2.37 bits per heavy atom. The molecule has 0 aliphatic rings. The van der Waals surface area contributed by atoms with Gasteiger partial charge in [-0.05, 0) is 55.2 Å². The Bertz CT molecular complexity index is 677. The zero-order chi connectivity index (χ0) is 20.1. The molecule has 148 valence electrons. The molecule has 0 atom stereocenters. The van der Waals surface area contributed by atoms with E-state index in [1.165, 1.54) is 50.3 Å². The van der Waals surface area contributed by atoms with Crippen molar-refractivity contribution in [2.75, 3.05) is 0 Å². The molecule has 0 radical (unpaired) electrons. The normalized spacial score (nSPS) is 11.7. The number of aliphatic carboxylic acids is 1. The number of carboxylic acid groups (broad SMARTS) is 1. The van der Waals surface area contributed by atoms with Gasteiger partial charge in [0, 0.05) is 0 Å². The summed E-state index contributed by atoms with van der Waals surface area (Å²) >= 11 is 0. The third-order valence-corrected chi connectivity index (χ3v) is 4.26. The van der Waals surface area contributed by atoms with Gasteiger partial charge in [-0.2, -0.15) is 0 Å². The number of amides is 1. The first-order valence-electron chi connectivity index (χ1n) is 9.66. The van der Waals surface area contributed by atoms with Gasteiger partial charge in [0.2, 0.25) is 5.91 Å². The molecule has 1 amide bonds. The van der Waals surface area contributed by atoms with Crippen molar-refractivity contribution in [1.82, 2.24) is 5.32 Å². The summed E-state index contributed by atoms with van der Waals surface area (Å²) in [6.45, 7) is 3.92. The van der Waals surface area contributed by atoms with E-state index in [1.807, 2.05) is 0 Å². The summed E-state index contributed by atoms with van der Waals surface area (Å²) in [6, 6.07) is 4.74. The van der Waals surface area contributed by atoms with Crippen molar-refractivity contribution in [3.05, 3.63) is 47.2 Å². The van der Waals surface area contributed by atoms with E-state index in [1.54, 1.807) is 25.1 Å². The number of hydrogen-bond donors (Lipinski definition) is 3. The summed E-state index contributed by atoms with van der Waals surface area (Å²) in [6.07, 6.45) is 13.8. The summed E-state index contributed by atoms with van der Waals surface area (Å²) < 4.78 is 0. The van der Waals surface area contributed by atoms with Crippen molar-refractivity contribution in [1.29, 1.82) is 0 Å². The minimum Gasteiger partial charge on any atom is -0.508 e. The van der Waals surface area contributed by atoms with Crippen molar-refractivity contribution in [3.8, 4) is 5.75 Å². The number of phenols is 1. The van der Waals surface area contributed by atoms with Gasteiger partial charge in [0.25, 0.3) is 0 Å². The maximum atomic E-state index is 11.9. The smallest absolute Gasteiger partial charge is 0.352 e. The number of allylic oxidation sites excluding steroid dienone is 1. The fourth-order valence-corrected chi connectivity index (χ4v) is 2.67. The molecule has 0 unspecified atom stereocenters. The highest BCUT2D eigenvalue weighted by Crippen LogP contribution is 2.18.